The Kier molecular flexibility index (Phi) is 7.36. The van der Waals surface area contributed by atoms with Gasteiger partial charge in [-0.1, -0.05) is 32.9 Å². The topological polar surface area (TPSA) is 26.3 Å². The third-order valence-corrected chi connectivity index (χ3v) is 1.95. The number of esters is 1. The van der Waals surface area contributed by atoms with Gasteiger partial charge in [0.1, 0.15) is 0 Å². The van der Waals surface area contributed by atoms with E-state index in [0.29, 0.717) is 6.61 Å². The fraction of sp³-hybridized carbons (Fsp3) is 0.727. The maximum Gasteiger partial charge on any atom is 0.308 e. The van der Waals surface area contributed by atoms with E-state index in [-0.39, 0.29) is 11.9 Å². The van der Waals surface area contributed by atoms with Gasteiger partial charge in [0.25, 0.3) is 0 Å². The van der Waals surface area contributed by atoms with E-state index in [1.165, 1.54) is 0 Å². The summed E-state index contributed by atoms with van der Waals surface area (Å²) in [5.74, 6) is -0.0393. The molecule has 0 aromatic carbocycles. The lowest BCUT2D eigenvalue weighted by Gasteiger charge is -2.07. The zero-order valence-electron chi connectivity index (χ0n) is 8.88. The first-order chi connectivity index (χ1) is 6.22. The van der Waals surface area contributed by atoms with Gasteiger partial charge in [0.15, 0.2) is 0 Å². The highest BCUT2D eigenvalue weighted by Gasteiger charge is 2.10. The SMILES string of the molecule is CC/C=C/CCOC(=O)[C@H](C)CC. The first kappa shape index (κ1) is 12.2. The van der Waals surface area contributed by atoms with Crippen LogP contribution < -0.4 is 0 Å². The monoisotopic (exact) mass is 184 g/mol. The zero-order valence-corrected chi connectivity index (χ0v) is 8.88. The van der Waals surface area contributed by atoms with Crippen LogP contribution in [0.25, 0.3) is 0 Å². The molecule has 0 radical (unpaired) electrons. The molecule has 0 saturated heterocycles. The standard InChI is InChI=1S/C11H20O2/c1-4-6-7-8-9-13-11(12)10(3)5-2/h6-7,10H,4-5,8-9H2,1-3H3/b7-6+/t10-/m1/s1. The van der Waals surface area contributed by atoms with Crippen molar-refractivity contribution in [2.45, 2.75) is 40.0 Å². The van der Waals surface area contributed by atoms with Crippen molar-refractivity contribution in [2.24, 2.45) is 5.92 Å². The van der Waals surface area contributed by atoms with Crippen LogP contribution in [0.5, 0.6) is 0 Å². The molecule has 0 aliphatic carbocycles. The van der Waals surface area contributed by atoms with E-state index in [1.54, 1.807) is 0 Å². The average molecular weight is 184 g/mol. The van der Waals surface area contributed by atoms with Crippen molar-refractivity contribution < 1.29 is 9.53 Å². The molecule has 0 aliphatic heterocycles. The van der Waals surface area contributed by atoms with Gasteiger partial charge >= 0.3 is 5.97 Å². The minimum atomic E-state index is -0.0765. The molecule has 0 unspecified atom stereocenters. The Morgan fingerprint density at radius 2 is 2.08 bits per heavy atom. The normalized spacial score (nSPS) is 13.2. The molecule has 0 saturated carbocycles. The summed E-state index contributed by atoms with van der Waals surface area (Å²) >= 11 is 0. The average Bonchev–Trinajstić information content (AvgIpc) is 2.16. The molecule has 1 atom stereocenters. The van der Waals surface area contributed by atoms with Crippen LogP contribution >= 0.6 is 0 Å². The predicted molar refractivity (Wildman–Crippen MR) is 54.5 cm³/mol. The number of ether oxygens (including phenoxy) is 1. The Morgan fingerprint density at radius 3 is 2.62 bits per heavy atom. The molecule has 0 rings (SSSR count). The van der Waals surface area contributed by atoms with Gasteiger partial charge in [-0.25, -0.2) is 0 Å². The van der Waals surface area contributed by atoms with Gasteiger partial charge in [0.05, 0.1) is 12.5 Å². The number of hydrogen-bond donors (Lipinski definition) is 0. The first-order valence-corrected chi connectivity index (χ1v) is 5.04. The first-order valence-electron chi connectivity index (χ1n) is 5.04. The molecule has 13 heavy (non-hydrogen) atoms. The van der Waals surface area contributed by atoms with Crippen LogP contribution in [0, 0.1) is 5.92 Å². The molecule has 0 spiro atoms. The van der Waals surface area contributed by atoms with E-state index in [9.17, 15) is 4.79 Å². The fourth-order valence-electron chi connectivity index (χ4n) is 0.821. The second kappa shape index (κ2) is 7.84. The van der Waals surface area contributed by atoms with Crippen LogP contribution in [0.4, 0.5) is 0 Å². The molecule has 0 aliphatic rings. The summed E-state index contributed by atoms with van der Waals surface area (Å²) in [6, 6.07) is 0. The Hall–Kier alpha value is -0.790. The van der Waals surface area contributed by atoms with Crippen molar-refractivity contribution in [3.8, 4) is 0 Å². The summed E-state index contributed by atoms with van der Waals surface area (Å²) in [4.78, 5) is 11.2. The Balaban J connectivity index is 3.42. The lowest BCUT2D eigenvalue weighted by atomic mass is 10.1. The van der Waals surface area contributed by atoms with Gasteiger partial charge in [-0.15, -0.1) is 0 Å². The van der Waals surface area contributed by atoms with Crippen LogP contribution in [-0.4, -0.2) is 12.6 Å². The third-order valence-electron chi connectivity index (χ3n) is 1.95. The number of allylic oxidation sites excluding steroid dienone is 1. The molecule has 0 aromatic rings. The smallest absolute Gasteiger partial charge is 0.308 e. The molecule has 0 bridgehead atoms. The van der Waals surface area contributed by atoms with Crippen molar-refractivity contribution in [1.29, 1.82) is 0 Å². The third kappa shape index (κ3) is 6.38. The molecule has 0 amide bonds. The van der Waals surface area contributed by atoms with E-state index < -0.39 is 0 Å². The largest absolute Gasteiger partial charge is 0.465 e. The lowest BCUT2D eigenvalue weighted by Crippen LogP contribution is -2.14. The van der Waals surface area contributed by atoms with Crippen LogP contribution in [0.15, 0.2) is 12.2 Å². The number of carbonyl (C=O) groups excluding carboxylic acids is 1. The van der Waals surface area contributed by atoms with Gasteiger partial charge in [-0.3, -0.25) is 4.79 Å². The van der Waals surface area contributed by atoms with Gasteiger partial charge in [-0.2, -0.15) is 0 Å². The highest BCUT2D eigenvalue weighted by atomic mass is 16.5. The van der Waals surface area contributed by atoms with E-state index in [2.05, 4.69) is 13.0 Å². The molecule has 76 valence electrons. The number of hydrogen-bond acceptors (Lipinski definition) is 2. The summed E-state index contributed by atoms with van der Waals surface area (Å²) in [7, 11) is 0. The molecule has 0 fully saturated rings. The number of carbonyl (C=O) groups is 1. The van der Waals surface area contributed by atoms with Gasteiger partial charge in [0, 0.05) is 0 Å². The van der Waals surface area contributed by atoms with Crippen LogP contribution in [0.2, 0.25) is 0 Å². The highest BCUT2D eigenvalue weighted by Crippen LogP contribution is 2.03. The molecule has 0 aromatic heterocycles. The Bertz CT molecular complexity index is 161. The second-order valence-corrected chi connectivity index (χ2v) is 3.15. The van der Waals surface area contributed by atoms with E-state index in [1.807, 2.05) is 19.9 Å². The summed E-state index contributed by atoms with van der Waals surface area (Å²) in [5, 5.41) is 0. The maximum atomic E-state index is 11.2. The minimum Gasteiger partial charge on any atom is -0.465 e. The molecule has 2 heteroatoms. The molecule has 0 heterocycles. The molecule has 0 N–H and O–H groups in total. The minimum absolute atomic E-state index is 0.0372. The van der Waals surface area contributed by atoms with E-state index in [0.717, 1.165) is 19.3 Å². The summed E-state index contributed by atoms with van der Waals surface area (Å²) in [6.07, 6.45) is 6.85. The van der Waals surface area contributed by atoms with E-state index in [4.69, 9.17) is 4.74 Å². The van der Waals surface area contributed by atoms with Crippen molar-refractivity contribution in [2.75, 3.05) is 6.61 Å². The van der Waals surface area contributed by atoms with Crippen molar-refractivity contribution in [3.05, 3.63) is 12.2 Å². The van der Waals surface area contributed by atoms with Gasteiger partial charge < -0.3 is 4.74 Å². The van der Waals surface area contributed by atoms with Crippen LogP contribution in [0.3, 0.4) is 0 Å². The van der Waals surface area contributed by atoms with Crippen LogP contribution in [0.1, 0.15) is 40.0 Å². The van der Waals surface area contributed by atoms with Crippen molar-refractivity contribution in [1.82, 2.24) is 0 Å². The Labute approximate surface area is 81.0 Å². The Morgan fingerprint density at radius 1 is 1.38 bits per heavy atom. The van der Waals surface area contributed by atoms with Gasteiger partial charge in [0.2, 0.25) is 0 Å². The lowest BCUT2D eigenvalue weighted by molar-refractivity contribution is -0.147. The molecular weight excluding hydrogens is 164 g/mol. The quantitative estimate of drug-likeness (QED) is 0.360. The van der Waals surface area contributed by atoms with Crippen LogP contribution in [-0.2, 0) is 9.53 Å². The summed E-state index contributed by atoms with van der Waals surface area (Å²) < 4.78 is 5.05. The molecule has 2 nitrogen and oxygen atoms in total. The maximum absolute atomic E-state index is 11.2. The number of rotatable bonds is 6. The summed E-state index contributed by atoms with van der Waals surface area (Å²) in [5.41, 5.74) is 0. The fourth-order valence-corrected chi connectivity index (χ4v) is 0.821. The van der Waals surface area contributed by atoms with E-state index >= 15 is 0 Å². The predicted octanol–water partition coefficient (Wildman–Crippen LogP) is 2.93. The summed E-state index contributed by atoms with van der Waals surface area (Å²) in [6.45, 7) is 6.48. The second-order valence-electron chi connectivity index (χ2n) is 3.15. The highest BCUT2D eigenvalue weighted by molar-refractivity contribution is 5.71. The van der Waals surface area contributed by atoms with Crippen molar-refractivity contribution >= 4 is 5.97 Å². The zero-order chi connectivity index (χ0) is 10.1. The van der Waals surface area contributed by atoms with Crippen molar-refractivity contribution in [3.63, 3.8) is 0 Å². The molecular formula is C11H20O2. The van der Waals surface area contributed by atoms with Gasteiger partial charge in [-0.05, 0) is 19.3 Å².